The number of rotatable bonds is 4. The van der Waals surface area contributed by atoms with Crippen LogP contribution in [0, 0.1) is 0 Å². The first-order chi connectivity index (χ1) is 14.7. The van der Waals surface area contributed by atoms with Crippen LogP contribution in [-0.2, 0) is 5.41 Å². The SMILES string of the molecule is O=C(NCC1(c2ccc3c(c2)OCCO3)CCCC1)c1ccc2c(c1)OCCCO2. The summed E-state index contributed by atoms with van der Waals surface area (Å²) >= 11 is 0. The fourth-order valence-corrected chi connectivity index (χ4v) is 4.65. The van der Waals surface area contributed by atoms with Gasteiger partial charge in [-0.25, -0.2) is 0 Å². The lowest BCUT2D eigenvalue weighted by atomic mass is 9.78. The van der Waals surface area contributed by atoms with E-state index >= 15 is 0 Å². The Morgan fingerprint density at radius 3 is 2.20 bits per heavy atom. The van der Waals surface area contributed by atoms with E-state index in [1.54, 1.807) is 12.1 Å². The lowest BCUT2D eigenvalue weighted by Crippen LogP contribution is -2.39. The molecule has 3 aliphatic rings. The zero-order valence-corrected chi connectivity index (χ0v) is 17.1. The summed E-state index contributed by atoms with van der Waals surface area (Å²) in [6, 6.07) is 11.6. The van der Waals surface area contributed by atoms with Crippen molar-refractivity contribution in [3.05, 3.63) is 47.5 Å². The number of fused-ring (bicyclic) bond motifs is 2. The molecular formula is C24H27NO5. The second-order valence-corrected chi connectivity index (χ2v) is 8.24. The summed E-state index contributed by atoms with van der Waals surface area (Å²) in [6.45, 7) is 3.00. The molecule has 158 valence electrons. The second kappa shape index (κ2) is 8.09. The van der Waals surface area contributed by atoms with Gasteiger partial charge in [0.1, 0.15) is 13.2 Å². The molecule has 1 saturated carbocycles. The summed E-state index contributed by atoms with van der Waals surface area (Å²) in [4.78, 5) is 12.9. The van der Waals surface area contributed by atoms with E-state index in [0.717, 1.165) is 43.6 Å². The largest absolute Gasteiger partial charge is 0.490 e. The van der Waals surface area contributed by atoms with Gasteiger partial charge in [-0.05, 0) is 48.7 Å². The van der Waals surface area contributed by atoms with Gasteiger partial charge in [0.2, 0.25) is 0 Å². The van der Waals surface area contributed by atoms with Gasteiger partial charge >= 0.3 is 0 Å². The minimum Gasteiger partial charge on any atom is -0.490 e. The van der Waals surface area contributed by atoms with Crippen LogP contribution in [0.15, 0.2) is 36.4 Å². The third-order valence-electron chi connectivity index (χ3n) is 6.31. The molecule has 2 heterocycles. The zero-order chi connectivity index (χ0) is 20.4. The Labute approximate surface area is 176 Å². The highest BCUT2D eigenvalue weighted by Gasteiger charge is 2.37. The van der Waals surface area contributed by atoms with Gasteiger partial charge in [-0.3, -0.25) is 4.79 Å². The van der Waals surface area contributed by atoms with Gasteiger partial charge in [0.05, 0.1) is 13.2 Å². The number of nitrogens with one attached hydrogen (secondary N) is 1. The summed E-state index contributed by atoms with van der Waals surface area (Å²) in [7, 11) is 0. The van der Waals surface area contributed by atoms with E-state index in [1.807, 2.05) is 12.1 Å². The lowest BCUT2D eigenvalue weighted by Gasteiger charge is -2.31. The highest BCUT2D eigenvalue weighted by molar-refractivity contribution is 5.95. The Balaban J connectivity index is 1.33. The van der Waals surface area contributed by atoms with Crippen LogP contribution in [0.5, 0.6) is 23.0 Å². The Morgan fingerprint density at radius 2 is 1.40 bits per heavy atom. The first-order valence-electron chi connectivity index (χ1n) is 10.8. The van der Waals surface area contributed by atoms with Gasteiger partial charge in [-0.2, -0.15) is 0 Å². The first-order valence-corrected chi connectivity index (χ1v) is 10.8. The Bertz CT molecular complexity index is 935. The molecule has 0 bridgehead atoms. The Morgan fingerprint density at radius 1 is 0.767 bits per heavy atom. The number of amides is 1. The van der Waals surface area contributed by atoms with Crippen molar-refractivity contribution in [2.24, 2.45) is 0 Å². The van der Waals surface area contributed by atoms with Crippen molar-refractivity contribution in [1.29, 1.82) is 0 Å². The number of carbonyl (C=O) groups excluding carboxylic acids is 1. The van der Waals surface area contributed by atoms with Crippen molar-refractivity contribution in [3.8, 4) is 23.0 Å². The number of carbonyl (C=O) groups is 1. The van der Waals surface area contributed by atoms with Crippen LogP contribution >= 0.6 is 0 Å². The van der Waals surface area contributed by atoms with E-state index in [-0.39, 0.29) is 11.3 Å². The summed E-state index contributed by atoms with van der Waals surface area (Å²) < 4.78 is 22.8. The third-order valence-corrected chi connectivity index (χ3v) is 6.31. The zero-order valence-electron chi connectivity index (χ0n) is 17.1. The smallest absolute Gasteiger partial charge is 0.251 e. The molecule has 1 aliphatic carbocycles. The van der Waals surface area contributed by atoms with Crippen molar-refractivity contribution in [2.45, 2.75) is 37.5 Å². The average molecular weight is 409 g/mol. The third kappa shape index (κ3) is 3.66. The molecular weight excluding hydrogens is 382 g/mol. The van der Waals surface area contributed by atoms with Crippen LogP contribution in [0.25, 0.3) is 0 Å². The highest BCUT2D eigenvalue weighted by Crippen LogP contribution is 2.44. The Hall–Kier alpha value is -2.89. The molecule has 0 spiro atoms. The normalized spacial score (nSPS) is 19.1. The molecule has 0 aromatic heterocycles. The van der Waals surface area contributed by atoms with Crippen LogP contribution in [0.4, 0.5) is 0 Å². The predicted molar refractivity (Wildman–Crippen MR) is 112 cm³/mol. The van der Waals surface area contributed by atoms with Crippen LogP contribution in [0.3, 0.4) is 0 Å². The lowest BCUT2D eigenvalue weighted by molar-refractivity contribution is 0.0942. The molecule has 0 unspecified atom stereocenters. The summed E-state index contributed by atoms with van der Waals surface area (Å²) in [5, 5.41) is 3.18. The molecule has 2 aromatic carbocycles. The monoisotopic (exact) mass is 409 g/mol. The topological polar surface area (TPSA) is 66.0 Å². The highest BCUT2D eigenvalue weighted by atomic mass is 16.6. The second-order valence-electron chi connectivity index (χ2n) is 8.24. The molecule has 6 nitrogen and oxygen atoms in total. The van der Waals surface area contributed by atoms with E-state index in [9.17, 15) is 4.79 Å². The van der Waals surface area contributed by atoms with Crippen molar-refractivity contribution in [2.75, 3.05) is 33.0 Å². The van der Waals surface area contributed by atoms with Gasteiger partial charge in [0, 0.05) is 23.9 Å². The molecule has 1 fully saturated rings. The maximum atomic E-state index is 12.9. The van der Waals surface area contributed by atoms with Crippen molar-refractivity contribution >= 4 is 5.91 Å². The molecule has 6 heteroatoms. The van der Waals surface area contributed by atoms with E-state index in [2.05, 4.69) is 17.4 Å². The van der Waals surface area contributed by atoms with Crippen LogP contribution < -0.4 is 24.3 Å². The van der Waals surface area contributed by atoms with E-state index in [4.69, 9.17) is 18.9 Å². The van der Waals surface area contributed by atoms with Gasteiger partial charge in [-0.1, -0.05) is 18.9 Å². The summed E-state index contributed by atoms with van der Waals surface area (Å²) in [5.41, 5.74) is 1.73. The number of ether oxygens (including phenoxy) is 4. The molecule has 5 rings (SSSR count). The molecule has 1 N–H and O–H groups in total. The molecule has 2 aromatic rings. The number of benzene rings is 2. The fourth-order valence-electron chi connectivity index (χ4n) is 4.65. The van der Waals surface area contributed by atoms with Crippen LogP contribution in [0.2, 0.25) is 0 Å². The van der Waals surface area contributed by atoms with Crippen LogP contribution in [0.1, 0.15) is 48.0 Å². The molecule has 0 atom stereocenters. The fraction of sp³-hybridized carbons (Fsp3) is 0.458. The minimum atomic E-state index is -0.0885. The molecule has 1 amide bonds. The van der Waals surface area contributed by atoms with Crippen molar-refractivity contribution < 1.29 is 23.7 Å². The molecule has 2 aliphatic heterocycles. The van der Waals surface area contributed by atoms with Gasteiger partial charge < -0.3 is 24.3 Å². The standard InChI is InChI=1S/C24H27NO5/c26-23(17-4-6-19-21(14-17)28-11-3-10-27-19)25-16-24(8-1-2-9-24)18-5-7-20-22(15-18)30-13-12-29-20/h4-7,14-15H,1-3,8-13,16H2,(H,25,26). The van der Waals surface area contributed by atoms with Gasteiger partial charge in [-0.15, -0.1) is 0 Å². The molecule has 0 radical (unpaired) electrons. The van der Waals surface area contributed by atoms with Crippen LogP contribution in [-0.4, -0.2) is 38.9 Å². The number of hydrogen-bond donors (Lipinski definition) is 1. The summed E-state index contributed by atoms with van der Waals surface area (Å²) in [6.07, 6.45) is 5.26. The maximum absolute atomic E-state index is 12.9. The maximum Gasteiger partial charge on any atom is 0.251 e. The Kier molecular flexibility index (Phi) is 5.15. The minimum absolute atomic E-state index is 0.0726. The quantitative estimate of drug-likeness (QED) is 0.831. The first kappa shape index (κ1) is 19.1. The van der Waals surface area contributed by atoms with E-state index < -0.39 is 0 Å². The predicted octanol–water partition coefficient (Wildman–Crippen LogP) is 3.86. The van der Waals surface area contributed by atoms with E-state index in [1.165, 1.54) is 5.56 Å². The van der Waals surface area contributed by atoms with Gasteiger partial charge in [0.25, 0.3) is 5.91 Å². The van der Waals surface area contributed by atoms with Gasteiger partial charge in [0.15, 0.2) is 23.0 Å². The van der Waals surface area contributed by atoms with Crippen molar-refractivity contribution in [3.63, 3.8) is 0 Å². The molecule has 30 heavy (non-hydrogen) atoms. The van der Waals surface area contributed by atoms with Crippen molar-refractivity contribution in [1.82, 2.24) is 5.32 Å². The average Bonchev–Trinajstić information content (AvgIpc) is 3.15. The number of hydrogen-bond acceptors (Lipinski definition) is 5. The van der Waals surface area contributed by atoms with E-state index in [0.29, 0.717) is 50.0 Å². The molecule has 0 saturated heterocycles. The summed E-state index contributed by atoms with van der Waals surface area (Å²) in [5.74, 6) is 2.86.